The highest BCUT2D eigenvalue weighted by Crippen LogP contribution is 2.31. The van der Waals surface area contributed by atoms with Gasteiger partial charge in [-0.2, -0.15) is 0 Å². The number of para-hydroxylation sites is 1. The highest BCUT2D eigenvalue weighted by atomic mass is 16.1. The number of benzene rings is 1. The van der Waals surface area contributed by atoms with E-state index in [1.54, 1.807) is 6.07 Å². The lowest BCUT2D eigenvalue weighted by Gasteiger charge is -2.28. The van der Waals surface area contributed by atoms with Crippen molar-refractivity contribution in [3.8, 4) is 0 Å². The summed E-state index contributed by atoms with van der Waals surface area (Å²) in [7, 11) is 2.22. The fourth-order valence-corrected chi connectivity index (χ4v) is 4.13. The molecule has 3 heterocycles. The number of aromatic nitrogens is 1. The average Bonchev–Trinajstić information content (AvgIpc) is 2.78. The van der Waals surface area contributed by atoms with Crippen LogP contribution in [0.2, 0.25) is 0 Å². The Morgan fingerprint density at radius 3 is 2.91 bits per heavy atom. The van der Waals surface area contributed by atoms with Crippen molar-refractivity contribution < 1.29 is 0 Å². The van der Waals surface area contributed by atoms with Crippen LogP contribution in [0.3, 0.4) is 0 Å². The Balaban J connectivity index is 1.64. The molecule has 2 bridgehead atoms. The zero-order valence-electron chi connectivity index (χ0n) is 13.1. The summed E-state index contributed by atoms with van der Waals surface area (Å²) in [6.07, 6.45) is 3.83. The van der Waals surface area contributed by atoms with Gasteiger partial charge in [0, 0.05) is 47.8 Å². The zero-order chi connectivity index (χ0) is 15.1. The van der Waals surface area contributed by atoms with Crippen LogP contribution in [0.4, 0.5) is 0 Å². The molecule has 0 spiro atoms. The summed E-state index contributed by atoms with van der Waals surface area (Å²) in [5.41, 5.74) is 2.12. The molecule has 2 aliphatic rings. The number of aromatic amines is 1. The normalized spacial score (nSPS) is 26.4. The minimum absolute atomic E-state index is 0.128. The van der Waals surface area contributed by atoms with Crippen molar-refractivity contribution in [3.05, 3.63) is 46.2 Å². The molecule has 22 heavy (non-hydrogen) atoms. The minimum atomic E-state index is 0.128. The molecule has 1 N–H and O–H groups in total. The lowest BCUT2D eigenvalue weighted by molar-refractivity contribution is 0.182. The number of H-pyrrole nitrogens is 1. The van der Waals surface area contributed by atoms with Crippen molar-refractivity contribution in [1.29, 1.82) is 0 Å². The summed E-state index contributed by atoms with van der Waals surface area (Å²) in [5, 5.41) is 0.782. The fourth-order valence-electron chi connectivity index (χ4n) is 4.13. The highest BCUT2D eigenvalue weighted by Gasteiger charge is 2.36. The Hall–Kier alpha value is -1.65. The molecule has 2 aliphatic heterocycles. The van der Waals surface area contributed by atoms with Gasteiger partial charge in [-0.25, -0.2) is 0 Å². The number of likely N-dealkylation sites (tertiary alicyclic amines) is 1. The van der Waals surface area contributed by atoms with E-state index in [0.29, 0.717) is 12.1 Å². The Morgan fingerprint density at radius 2 is 2.00 bits per heavy atom. The predicted octanol–water partition coefficient (Wildman–Crippen LogP) is 2.20. The van der Waals surface area contributed by atoms with Crippen LogP contribution in [0.5, 0.6) is 0 Å². The van der Waals surface area contributed by atoms with Crippen LogP contribution in [0.1, 0.15) is 25.0 Å². The molecule has 0 amide bonds. The van der Waals surface area contributed by atoms with Crippen molar-refractivity contribution in [2.24, 2.45) is 0 Å². The first kappa shape index (κ1) is 14.0. The van der Waals surface area contributed by atoms with E-state index in [2.05, 4.69) is 21.8 Å². The van der Waals surface area contributed by atoms with Crippen LogP contribution in [0.15, 0.2) is 35.1 Å². The number of rotatable bonds is 2. The second-order valence-electron chi connectivity index (χ2n) is 6.81. The van der Waals surface area contributed by atoms with E-state index in [4.69, 9.17) is 0 Å². The van der Waals surface area contributed by atoms with E-state index in [0.717, 1.165) is 29.7 Å². The van der Waals surface area contributed by atoms with Gasteiger partial charge in [0.05, 0.1) is 0 Å². The van der Waals surface area contributed by atoms with E-state index in [9.17, 15) is 4.79 Å². The van der Waals surface area contributed by atoms with Crippen LogP contribution in [0.25, 0.3) is 10.9 Å². The molecule has 1 aromatic heterocycles. The molecule has 1 aromatic carbocycles. The van der Waals surface area contributed by atoms with Crippen LogP contribution in [0, 0.1) is 0 Å². The third-order valence-corrected chi connectivity index (χ3v) is 5.28. The molecule has 0 radical (unpaired) electrons. The fraction of sp³-hybridized carbons (Fsp3) is 0.500. The summed E-state index contributed by atoms with van der Waals surface area (Å²) in [4.78, 5) is 20.8. The van der Waals surface area contributed by atoms with E-state index in [1.807, 2.05) is 24.3 Å². The average molecular weight is 297 g/mol. The third-order valence-electron chi connectivity index (χ3n) is 5.28. The van der Waals surface area contributed by atoms with Crippen molar-refractivity contribution in [2.45, 2.75) is 37.9 Å². The number of nitrogens with one attached hydrogen (secondary N) is 1. The summed E-state index contributed by atoms with van der Waals surface area (Å²) in [6.45, 7) is 3.20. The second kappa shape index (κ2) is 5.52. The minimum Gasteiger partial charge on any atom is -0.357 e. The predicted molar refractivity (Wildman–Crippen MR) is 89.0 cm³/mol. The standard InChI is InChI=1S/C18H23N3O/c1-20-9-8-14-6-7-15(12-20)21(14)11-13-10-18(22)16-4-2-3-5-17(16)19-13/h2-5,10,14-15H,6-9,11-12H2,1H3,(H,19,22)/t14-,15+/m1/s1. The monoisotopic (exact) mass is 297 g/mol. The molecule has 2 atom stereocenters. The summed E-state index contributed by atoms with van der Waals surface area (Å²) < 4.78 is 0. The molecule has 116 valence electrons. The maximum absolute atomic E-state index is 12.3. The largest absolute Gasteiger partial charge is 0.357 e. The Bertz CT molecular complexity index is 738. The summed E-state index contributed by atoms with van der Waals surface area (Å²) in [6, 6.07) is 10.9. The molecule has 0 aliphatic carbocycles. The summed E-state index contributed by atoms with van der Waals surface area (Å²) >= 11 is 0. The SMILES string of the molecule is CN1CC[C@H]2CC[C@@H](C1)N2Cc1cc(=O)c2ccccc2[nH]1. The first-order valence-corrected chi connectivity index (χ1v) is 8.26. The van der Waals surface area contributed by atoms with Crippen LogP contribution in [-0.2, 0) is 6.54 Å². The lowest BCUT2D eigenvalue weighted by Crippen LogP contribution is -2.38. The molecular weight excluding hydrogens is 274 g/mol. The Morgan fingerprint density at radius 1 is 1.18 bits per heavy atom. The van der Waals surface area contributed by atoms with Gasteiger partial charge in [-0.3, -0.25) is 9.69 Å². The maximum atomic E-state index is 12.3. The number of fused-ring (bicyclic) bond motifs is 3. The van der Waals surface area contributed by atoms with E-state index in [1.165, 1.54) is 25.8 Å². The van der Waals surface area contributed by atoms with Gasteiger partial charge in [0.15, 0.2) is 5.43 Å². The van der Waals surface area contributed by atoms with Crippen molar-refractivity contribution in [3.63, 3.8) is 0 Å². The van der Waals surface area contributed by atoms with Crippen LogP contribution < -0.4 is 5.43 Å². The Kier molecular flexibility index (Phi) is 3.51. The Labute approximate surface area is 130 Å². The van der Waals surface area contributed by atoms with Gasteiger partial charge in [0.1, 0.15) is 0 Å². The topological polar surface area (TPSA) is 39.3 Å². The van der Waals surface area contributed by atoms with Gasteiger partial charge in [-0.1, -0.05) is 12.1 Å². The molecular formula is C18H23N3O. The van der Waals surface area contributed by atoms with Crippen molar-refractivity contribution >= 4 is 10.9 Å². The van der Waals surface area contributed by atoms with Gasteiger partial charge in [-0.15, -0.1) is 0 Å². The first-order valence-electron chi connectivity index (χ1n) is 8.26. The quantitative estimate of drug-likeness (QED) is 0.923. The third kappa shape index (κ3) is 2.46. The number of likely N-dealkylation sites (N-methyl/N-ethyl adjacent to an activating group) is 1. The molecule has 4 nitrogen and oxygen atoms in total. The van der Waals surface area contributed by atoms with Gasteiger partial charge in [0.25, 0.3) is 0 Å². The zero-order valence-corrected chi connectivity index (χ0v) is 13.1. The van der Waals surface area contributed by atoms with Gasteiger partial charge in [0.2, 0.25) is 0 Å². The summed E-state index contributed by atoms with van der Waals surface area (Å²) in [5.74, 6) is 0. The van der Waals surface area contributed by atoms with Crippen molar-refractivity contribution in [1.82, 2.24) is 14.8 Å². The smallest absolute Gasteiger partial charge is 0.189 e. The second-order valence-corrected chi connectivity index (χ2v) is 6.81. The number of hydrogen-bond donors (Lipinski definition) is 1. The number of hydrogen-bond acceptors (Lipinski definition) is 3. The number of pyridine rings is 1. The molecule has 2 saturated heterocycles. The van der Waals surface area contributed by atoms with Crippen LogP contribution in [-0.4, -0.2) is 47.0 Å². The number of nitrogens with zero attached hydrogens (tertiary/aromatic N) is 2. The van der Waals surface area contributed by atoms with Crippen LogP contribution >= 0.6 is 0 Å². The van der Waals surface area contributed by atoms with E-state index in [-0.39, 0.29) is 5.43 Å². The van der Waals surface area contributed by atoms with E-state index >= 15 is 0 Å². The molecule has 2 fully saturated rings. The van der Waals surface area contributed by atoms with Gasteiger partial charge < -0.3 is 9.88 Å². The molecule has 4 heteroatoms. The van der Waals surface area contributed by atoms with Gasteiger partial charge >= 0.3 is 0 Å². The molecule has 2 aromatic rings. The molecule has 4 rings (SSSR count). The lowest BCUT2D eigenvalue weighted by atomic mass is 10.1. The first-order chi connectivity index (χ1) is 10.7. The highest BCUT2D eigenvalue weighted by molar-refractivity contribution is 5.78. The van der Waals surface area contributed by atoms with E-state index < -0.39 is 0 Å². The molecule has 0 saturated carbocycles. The molecule has 0 unspecified atom stereocenters. The van der Waals surface area contributed by atoms with Crippen molar-refractivity contribution in [2.75, 3.05) is 20.1 Å². The van der Waals surface area contributed by atoms with Gasteiger partial charge in [-0.05, 0) is 45.0 Å². The maximum Gasteiger partial charge on any atom is 0.189 e.